The summed E-state index contributed by atoms with van der Waals surface area (Å²) in [6.45, 7) is 4.78. The molecule has 1 aliphatic heterocycles. The van der Waals surface area contributed by atoms with E-state index < -0.39 is 0 Å². The molecule has 0 unspecified atom stereocenters. The number of carbonyl (C=O) groups is 2. The number of methoxy groups -OCH3 is 1. The molecule has 0 aliphatic carbocycles. The minimum Gasteiger partial charge on any atom is -0.494 e. The highest BCUT2D eigenvalue weighted by Crippen LogP contribution is 2.42. The van der Waals surface area contributed by atoms with Gasteiger partial charge in [-0.05, 0) is 25.0 Å². The monoisotopic (exact) mass is 356 g/mol. The average Bonchev–Trinajstić information content (AvgIpc) is 3.09. The number of nitrogens with one attached hydrogen (secondary N) is 2. The zero-order valence-electron chi connectivity index (χ0n) is 15.3. The van der Waals surface area contributed by atoms with Gasteiger partial charge in [-0.3, -0.25) is 9.59 Å². The van der Waals surface area contributed by atoms with E-state index in [-0.39, 0.29) is 17.7 Å². The molecule has 0 saturated heterocycles. The van der Waals surface area contributed by atoms with Gasteiger partial charge in [0.15, 0.2) is 0 Å². The molecule has 2 aromatic rings. The van der Waals surface area contributed by atoms with Crippen molar-refractivity contribution in [3.8, 4) is 5.75 Å². The fourth-order valence-corrected chi connectivity index (χ4v) is 3.35. The summed E-state index contributed by atoms with van der Waals surface area (Å²) < 4.78 is 7.45. The summed E-state index contributed by atoms with van der Waals surface area (Å²) in [4.78, 5) is 28.5. The molecule has 0 saturated carbocycles. The van der Waals surface area contributed by atoms with Gasteiger partial charge in [0, 0.05) is 48.9 Å². The zero-order valence-corrected chi connectivity index (χ0v) is 15.3. The predicted molar refractivity (Wildman–Crippen MR) is 99.5 cm³/mol. The summed E-state index contributed by atoms with van der Waals surface area (Å²) in [6, 6.07) is 3.67. The number of aryl methyl sites for hydroxylation is 1. The van der Waals surface area contributed by atoms with Crippen molar-refractivity contribution < 1.29 is 14.3 Å². The van der Waals surface area contributed by atoms with Crippen LogP contribution in [0.15, 0.2) is 24.7 Å². The van der Waals surface area contributed by atoms with Gasteiger partial charge in [-0.2, -0.15) is 0 Å². The van der Waals surface area contributed by atoms with Crippen molar-refractivity contribution in [2.45, 2.75) is 45.6 Å². The van der Waals surface area contributed by atoms with Gasteiger partial charge in [-0.15, -0.1) is 0 Å². The highest BCUT2D eigenvalue weighted by Gasteiger charge is 2.30. The van der Waals surface area contributed by atoms with E-state index in [9.17, 15) is 9.59 Å². The van der Waals surface area contributed by atoms with E-state index in [1.807, 2.05) is 24.5 Å². The van der Waals surface area contributed by atoms with Crippen molar-refractivity contribution in [1.29, 1.82) is 0 Å². The van der Waals surface area contributed by atoms with E-state index >= 15 is 0 Å². The Morgan fingerprint density at radius 3 is 2.92 bits per heavy atom. The molecule has 0 spiro atoms. The van der Waals surface area contributed by atoms with Crippen molar-refractivity contribution in [1.82, 2.24) is 9.55 Å². The molecule has 1 aromatic heterocycles. The first-order chi connectivity index (χ1) is 12.6. The first kappa shape index (κ1) is 18.0. The molecule has 2 amide bonds. The highest BCUT2D eigenvalue weighted by atomic mass is 16.5. The lowest BCUT2D eigenvalue weighted by molar-refractivity contribution is -0.117. The predicted octanol–water partition coefficient (Wildman–Crippen LogP) is 3.12. The number of ether oxygens (including phenoxy) is 1. The van der Waals surface area contributed by atoms with Gasteiger partial charge in [0.25, 0.3) is 0 Å². The minimum atomic E-state index is -0.117. The van der Waals surface area contributed by atoms with Crippen LogP contribution in [-0.2, 0) is 16.1 Å². The van der Waals surface area contributed by atoms with E-state index in [4.69, 9.17) is 4.74 Å². The van der Waals surface area contributed by atoms with Crippen molar-refractivity contribution in [2.75, 3.05) is 17.7 Å². The second kappa shape index (κ2) is 7.59. The molecule has 1 aromatic carbocycles. The molecule has 0 fully saturated rings. The van der Waals surface area contributed by atoms with Crippen LogP contribution in [0.25, 0.3) is 0 Å². The summed E-state index contributed by atoms with van der Waals surface area (Å²) >= 11 is 0. The van der Waals surface area contributed by atoms with E-state index in [0.717, 1.165) is 24.2 Å². The van der Waals surface area contributed by atoms with Gasteiger partial charge in [-0.25, -0.2) is 4.98 Å². The number of aromatic nitrogens is 2. The molecule has 7 nitrogen and oxygen atoms in total. The molecular formula is C19H24N4O3. The number of hydrogen-bond acceptors (Lipinski definition) is 4. The topological polar surface area (TPSA) is 85.2 Å². The number of anilines is 2. The molecule has 1 atom stereocenters. The van der Waals surface area contributed by atoms with Crippen molar-refractivity contribution >= 4 is 23.2 Å². The SMILES string of the molecule is CCCC(=O)Nc1cc2c(cc1OC)NC(=O)C[C@@H]2c1cncn1CC. The van der Waals surface area contributed by atoms with Gasteiger partial charge in [-0.1, -0.05) is 6.92 Å². The van der Waals surface area contributed by atoms with Crippen LogP contribution >= 0.6 is 0 Å². The van der Waals surface area contributed by atoms with E-state index in [1.165, 1.54) is 0 Å². The van der Waals surface area contributed by atoms with Crippen LogP contribution in [0.4, 0.5) is 11.4 Å². The summed E-state index contributed by atoms with van der Waals surface area (Å²) in [6.07, 6.45) is 5.13. The van der Waals surface area contributed by atoms with Crippen LogP contribution < -0.4 is 15.4 Å². The van der Waals surface area contributed by atoms with Crippen LogP contribution in [0, 0.1) is 0 Å². The smallest absolute Gasteiger partial charge is 0.225 e. The van der Waals surface area contributed by atoms with Crippen LogP contribution in [0.5, 0.6) is 5.75 Å². The Morgan fingerprint density at radius 2 is 2.23 bits per heavy atom. The average molecular weight is 356 g/mol. The second-order valence-corrected chi connectivity index (χ2v) is 6.35. The van der Waals surface area contributed by atoms with Gasteiger partial charge in [0.1, 0.15) is 5.75 Å². The van der Waals surface area contributed by atoms with Crippen LogP contribution in [0.2, 0.25) is 0 Å². The van der Waals surface area contributed by atoms with Gasteiger partial charge >= 0.3 is 0 Å². The van der Waals surface area contributed by atoms with E-state index in [1.54, 1.807) is 25.7 Å². The lowest BCUT2D eigenvalue weighted by Gasteiger charge is -2.27. The Balaban J connectivity index is 2.06. The number of rotatable bonds is 6. The molecule has 1 aliphatic rings. The molecule has 3 rings (SSSR count). The maximum absolute atomic E-state index is 12.2. The lowest BCUT2D eigenvalue weighted by Crippen LogP contribution is -2.25. The normalized spacial score (nSPS) is 16.0. The third-order valence-electron chi connectivity index (χ3n) is 4.60. The van der Waals surface area contributed by atoms with E-state index in [2.05, 4.69) is 15.6 Å². The fourth-order valence-electron chi connectivity index (χ4n) is 3.35. The molecule has 0 radical (unpaired) electrons. The van der Waals surface area contributed by atoms with Crippen molar-refractivity contribution in [3.63, 3.8) is 0 Å². The number of amides is 2. The number of imidazole rings is 1. The van der Waals surface area contributed by atoms with Crippen molar-refractivity contribution in [3.05, 3.63) is 35.9 Å². The molecule has 2 N–H and O–H groups in total. The summed E-state index contributed by atoms with van der Waals surface area (Å²) in [5, 5.41) is 5.83. The first-order valence-electron chi connectivity index (χ1n) is 8.89. The standard InChI is InChI=1S/C19H24N4O3/c1-4-6-18(24)22-15-7-12-13(16-10-20-11-23(16)5-2)8-19(25)21-14(12)9-17(15)26-3/h7,9-11,13H,4-6,8H2,1-3H3,(H,21,25)(H,22,24)/t13-/m0/s1. The minimum absolute atomic E-state index is 0.0452. The maximum Gasteiger partial charge on any atom is 0.225 e. The first-order valence-corrected chi connectivity index (χ1v) is 8.89. The Bertz CT molecular complexity index is 828. The number of hydrogen-bond donors (Lipinski definition) is 2. The number of fused-ring (bicyclic) bond motifs is 1. The van der Waals surface area contributed by atoms with E-state index in [0.29, 0.717) is 30.0 Å². The lowest BCUT2D eigenvalue weighted by atomic mass is 9.87. The molecule has 2 heterocycles. The fraction of sp³-hybridized carbons (Fsp3) is 0.421. The largest absolute Gasteiger partial charge is 0.494 e. The van der Waals surface area contributed by atoms with Gasteiger partial charge in [0.2, 0.25) is 11.8 Å². The molecular weight excluding hydrogens is 332 g/mol. The zero-order chi connectivity index (χ0) is 18.7. The highest BCUT2D eigenvalue weighted by molar-refractivity contribution is 5.98. The summed E-state index contributed by atoms with van der Waals surface area (Å²) in [5.74, 6) is 0.309. The Hall–Kier alpha value is -2.83. The maximum atomic E-state index is 12.2. The molecule has 7 heteroatoms. The third-order valence-corrected chi connectivity index (χ3v) is 4.60. The Labute approximate surface area is 152 Å². The van der Waals surface area contributed by atoms with Gasteiger partial charge in [0.05, 0.1) is 19.1 Å². The third kappa shape index (κ3) is 3.42. The summed E-state index contributed by atoms with van der Waals surface area (Å²) in [7, 11) is 1.55. The van der Waals surface area contributed by atoms with Crippen molar-refractivity contribution in [2.24, 2.45) is 0 Å². The molecule has 26 heavy (non-hydrogen) atoms. The summed E-state index contributed by atoms with van der Waals surface area (Å²) in [5.41, 5.74) is 3.26. The molecule has 138 valence electrons. The van der Waals surface area contributed by atoms with Crippen LogP contribution in [0.3, 0.4) is 0 Å². The quantitative estimate of drug-likeness (QED) is 0.833. The number of benzene rings is 1. The molecule has 0 bridgehead atoms. The van der Waals surface area contributed by atoms with Gasteiger partial charge < -0.3 is 19.9 Å². The second-order valence-electron chi connectivity index (χ2n) is 6.35. The van der Waals surface area contributed by atoms with Crippen LogP contribution in [-0.4, -0.2) is 28.5 Å². The number of carbonyl (C=O) groups excluding carboxylic acids is 2. The van der Waals surface area contributed by atoms with Crippen LogP contribution in [0.1, 0.15) is 50.3 Å². The Kier molecular flexibility index (Phi) is 5.25. The number of nitrogens with zero attached hydrogens (tertiary/aromatic N) is 2. The Morgan fingerprint density at radius 1 is 1.42 bits per heavy atom.